The van der Waals surface area contributed by atoms with Crippen molar-refractivity contribution in [2.24, 2.45) is 0 Å². The number of rotatable bonds is 7. The molecule has 1 aliphatic heterocycles. The Labute approximate surface area is 122 Å². The normalized spacial score (nSPS) is 18.0. The maximum atomic E-state index is 4.19. The predicted octanol–water partition coefficient (Wildman–Crippen LogP) is 0.414. The molecule has 0 atom stereocenters. The molecule has 0 spiro atoms. The van der Waals surface area contributed by atoms with Crippen LogP contribution in [0.25, 0.3) is 0 Å². The average Bonchev–Trinajstić information content (AvgIpc) is 2.91. The van der Waals surface area contributed by atoms with Crippen LogP contribution in [0.4, 0.5) is 0 Å². The van der Waals surface area contributed by atoms with Gasteiger partial charge in [0.25, 0.3) is 0 Å². The summed E-state index contributed by atoms with van der Waals surface area (Å²) in [4.78, 5) is 4.88. The van der Waals surface area contributed by atoms with Crippen LogP contribution < -0.4 is 5.32 Å². The molecule has 1 fully saturated rings. The molecule has 0 aromatic carbocycles. The number of hydrogen-bond acceptors (Lipinski definition) is 5. The van der Waals surface area contributed by atoms with Crippen molar-refractivity contribution in [2.45, 2.75) is 38.9 Å². The van der Waals surface area contributed by atoms with Crippen molar-refractivity contribution in [1.29, 1.82) is 0 Å². The molecule has 20 heavy (non-hydrogen) atoms. The minimum absolute atomic E-state index is 0.754. The SMILES string of the molecule is CCNCc1cn(CCN2CCC(N(C)C)CC2)nn1. The maximum absolute atomic E-state index is 4.19. The van der Waals surface area contributed by atoms with Gasteiger partial charge in [-0.25, -0.2) is 0 Å². The Bertz CT molecular complexity index is 381. The van der Waals surface area contributed by atoms with E-state index >= 15 is 0 Å². The number of hydrogen-bond donors (Lipinski definition) is 1. The highest BCUT2D eigenvalue weighted by atomic mass is 15.4. The number of piperidine rings is 1. The van der Waals surface area contributed by atoms with Gasteiger partial charge < -0.3 is 15.1 Å². The summed E-state index contributed by atoms with van der Waals surface area (Å²) < 4.78 is 1.96. The summed E-state index contributed by atoms with van der Waals surface area (Å²) in [6, 6.07) is 0.754. The molecule has 0 bridgehead atoms. The summed E-state index contributed by atoms with van der Waals surface area (Å²) in [7, 11) is 4.36. The van der Waals surface area contributed by atoms with E-state index in [9.17, 15) is 0 Å². The molecule has 0 radical (unpaired) electrons. The lowest BCUT2D eigenvalue weighted by molar-refractivity contribution is 0.140. The van der Waals surface area contributed by atoms with Gasteiger partial charge >= 0.3 is 0 Å². The molecule has 2 rings (SSSR count). The summed E-state index contributed by atoms with van der Waals surface area (Å²) in [6.07, 6.45) is 4.60. The van der Waals surface area contributed by atoms with Gasteiger partial charge in [-0.15, -0.1) is 5.10 Å². The first-order chi connectivity index (χ1) is 9.69. The summed E-state index contributed by atoms with van der Waals surface area (Å²) in [6.45, 7) is 8.28. The van der Waals surface area contributed by atoms with Gasteiger partial charge in [0.05, 0.1) is 12.2 Å². The first-order valence-corrected chi connectivity index (χ1v) is 7.67. The van der Waals surface area contributed by atoms with Crippen LogP contribution in [0.3, 0.4) is 0 Å². The van der Waals surface area contributed by atoms with Gasteiger partial charge in [-0.1, -0.05) is 12.1 Å². The molecule has 1 aromatic rings. The van der Waals surface area contributed by atoms with Crippen LogP contribution >= 0.6 is 0 Å². The zero-order valence-electron chi connectivity index (χ0n) is 13.0. The fraction of sp³-hybridized carbons (Fsp3) is 0.857. The average molecular weight is 280 g/mol. The van der Waals surface area contributed by atoms with Gasteiger partial charge in [-0.3, -0.25) is 4.68 Å². The molecular formula is C14H28N6. The molecule has 6 nitrogen and oxygen atoms in total. The van der Waals surface area contributed by atoms with E-state index in [1.807, 2.05) is 4.68 Å². The van der Waals surface area contributed by atoms with E-state index in [-0.39, 0.29) is 0 Å². The van der Waals surface area contributed by atoms with Gasteiger partial charge in [0, 0.05) is 25.3 Å². The Balaban J connectivity index is 1.69. The number of aromatic nitrogens is 3. The van der Waals surface area contributed by atoms with Crippen molar-refractivity contribution in [3.63, 3.8) is 0 Å². The summed E-state index contributed by atoms with van der Waals surface area (Å²) in [5.41, 5.74) is 1.03. The van der Waals surface area contributed by atoms with E-state index in [1.165, 1.54) is 25.9 Å². The second kappa shape index (κ2) is 7.71. The lowest BCUT2D eigenvalue weighted by Crippen LogP contribution is -2.42. The standard InChI is InChI=1S/C14H28N6/c1-4-15-11-13-12-20(17-16-13)10-9-19-7-5-14(6-8-19)18(2)3/h12,14-15H,4-11H2,1-3H3. The van der Waals surface area contributed by atoms with Gasteiger partial charge in [-0.05, 0) is 46.6 Å². The van der Waals surface area contributed by atoms with E-state index in [2.05, 4.69) is 52.6 Å². The molecule has 0 saturated carbocycles. The van der Waals surface area contributed by atoms with Gasteiger partial charge in [0.1, 0.15) is 0 Å². The van der Waals surface area contributed by atoms with E-state index in [4.69, 9.17) is 0 Å². The summed E-state index contributed by atoms with van der Waals surface area (Å²) >= 11 is 0. The lowest BCUT2D eigenvalue weighted by atomic mass is 10.0. The molecule has 1 aliphatic rings. The largest absolute Gasteiger partial charge is 0.311 e. The van der Waals surface area contributed by atoms with Crippen molar-refractivity contribution < 1.29 is 0 Å². The highest BCUT2D eigenvalue weighted by Gasteiger charge is 2.20. The molecule has 6 heteroatoms. The summed E-state index contributed by atoms with van der Waals surface area (Å²) in [5.74, 6) is 0. The molecule has 1 saturated heterocycles. The number of nitrogens with zero attached hydrogens (tertiary/aromatic N) is 5. The second-order valence-electron chi connectivity index (χ2n) is 5.79. The van der Waals surface area contributed by atoms with Crippen LogP contribution in [0.5, 0.6) is 0 Å². The third kappa shape index (κ3) is 4.54. The number of likely N-dealkylation sites (tertiary alicyclic amines) is 1. The van der Waals surface area contributed by atoms with Crippen molar-refractivity contribution in [3.05, 3.63) is 11.9 Å². The molecule has 2 heterocycles. The Morgan fingerprint density at radius 2 is 2.05 bits per heavy atom. The zero-order chi connectivity index (χ0) is 14.4. The van der Waals surface area contributed by atoms with Crippen LogP contribution in [0.2, 0.25) is 0 Å². The van der Waals surface area contributed by atoms with Gasteiger partial charge in [0.15, 0.2) is 0 Å². The maximum Gasteiger partial charge on any atom is 0.0964 e. The molecule has 114 valence electrons. The molecule has 1 aromatic heterocycles. The van der Waals surface area contributed by atoms with Gasteiger partial charge in [-0.2, -0.15) is 0 Å². The van der Waals surface area contributed by atoms with E-state index in [0.717, 1.165) is 37.9 Å². The minimum Gasteiger partial charge on any atom is -0.311 e. The monoisotopic (exact) mass is 280 g/mol. The molecule has 0 amide bonds. The van der Waals surface area contributed by atoms with E-state index < -0.39 is 0 Å². The Kier molecular flexibility index (Phi) is 5.94. The van der Waals surface area contributed by atoms with Crippen LogP contribution in [0, 0.1) is 0 Å². The predicted molar refractivity (Wildman–Crippen MR) is 80.6 cm³/mol. The fourth-order valence-corrected chi connectivity index (χ4v) is 2.69. The van der Waals surface area contributed by atoms with E-state index in [1.54, 1.807) is 0 Å². The molecule has 0 aliphatic carbocycles. The van der Waals surface area contributed by atoms with Crippen LogP contribution in [0.15, 0.2) is 6.20 Å². The Morgan fingerprint density at radius 1 is 1.30 bits per heavy atom. The highest BCUT2D eigenvalue weighted by Crippen LogP contribution is 2.13. The Hall–Kier alpha value is -0.980. The lowest BCUT2D eigenvalue weighted by Gasteiger charge is -2.35. The third-order valence-electron chi connectivity index (χ3n) is 4.07. The van der Waals surface area contributed by atoms with Crippen molar-refractivity contribution >= 4 is 0 Å². The van der Waals surface area contributed by atoms with Crippen molar-refractivity contribution in [3.8, 4) is 0 Å². The fourth-order valence-electron chi connectivity index (χ4n) is 2.69. The first-order valence-electron chi connectivity index (χ1n) is 7.67. The summed E-state index contributed by atoms with van der Waals surface area (Å²) in [5, 5.41) is 11.6. The first kappa shape index (κ1) is 15.4. The highest BCUT2D eigenvalue weighted by molar-refractivity contribution is 4.91. The number of nitrogens with one attached hydrogen (secondary N) is 1. The molecule has 1 N–H and O–H groups in total. The molecule has 0 unspecified atom stereocenters. The van der Waals surface area contributed by atoms with E-state index in [0.29, 0.717) is 0 Å². The Morgan fingerprint density at radius 3 is 2.70 bits per heavy atom. The smallest absolute Gasteiger partial charge is 0.0964 e. The molecular weight excluding hydrogens is 252 g/mol. The third-order valence-corrected chi connectivity index (χ3v) is 4.07. The van der Waals surface area contributed by atoms with Crippen molar-refractivity contribution in [2.75, 3.05) is 40.3 Å². The quantitative estimate of drug-likeness (QED) is 0.784. The van der Waals surface area contributed by atoms with Crippen molar-refractivity contribution in [1.82, 2.24) is 30.1 Å². The van der Waals surface area contributed by atoms with Crippen LogP contribution in [0.1, 0.15) is 25.5 Å². The van der Waals surface area contributed by atoms with Gasteiger partial charge in [0.2, 0.25) is 0 Å². The van der Waals surface area contributed by atoms with Crippen LogP contribution in [-0.2, 0) is 13.1 Å². The second-order valence-corrected chi connectivity index (χ2v) is 5.79. The zero-order valence-corrected chi connectivity index (χ0v) is 13.0. The topological polar surface area (TPSA) is 49.2 Å². The van der Waals surface area contributed by atoms with Crippen LogP contribution in [-0.4, -0.2) is 71.1 Å². The minimum atomic E-state index is 0.754.